The molecule has 20 heavy (non-hydrogen) atoms. The summed E-state index contributed by atoms with van der Waals surface area (Å²) in [6.07, 6.45) is 1.25. The molecule has 0 aliphatic carbocycles. The van der Waals surface area contributed by atoms with E-state index in [2.05, 4.69) is 15.5 Å². The lowest BCUT2D eigenvalue weighted by molar-refractivity contribution is 0.459. The number of rotatable bonds is 3. The van der Waals surface area contributed by atoms with Crippen molar-refractivity contribution in [1.82, 2.24) is 10.2 Å². The van der Waals surface area contributed by atoms with Gasteiger partial charge >= 0.3 is 0 Å². The zero-order valence-corrected chi connectivity index (χ0v) is 10.4. The monoisotopic (exact) mass is 302 g/mol. The van der Waals surface area contributed by atoms with E-state index in [1.165, 1.54) is 12.3 Å². The first-order chi connectivity index (χ1) is 9.41. The summed E-state index contributed by atoms with van der Waals surface area (Å²) in [4.78, 5) is -0.125. The van der Waals surface area contributed by atoms with Gasteiger partial charge in [0.05, 0.1) is 11.8 Å². The molecular weight excluding hydrogens is 296 g/mol. The van der Waals surface area contributed by atoms with Crippen LogP contribution in [0.2, 0.25) is 0 Å². The van der Waals surface area contributed by atoms with Gasteiger partial charge < -0.3 is 11.1 Å². The van der Waals surface area contributed by atoms with E-state index in [-0.39, 0.29) is 22.4 Å². The second-order valence-corrected chi connectivity index (χ2v) is 4.07. The van der Waals surface area contributed by atoms with Gasteiger partial charge in [-0.1, -0.05) is 12.2 Å². The second kappa shape index (κ2) is 5.37. The van der Waals surface area contributed by atoms with Crippen molar-refractivity contribution in [2.45, 2.75) is 0 Å². The summed E-state index contributed by atoms with van der Waals surface area (Å²) in [7, 11) is 0. The van der Waals surface area contributed by atoms with Crippen molar-refractivity contribution in [3.8, 4) is 0 Å². The molecule has 0 spiro atoms. The molecule has 1 aromatic carbocycles. The van der Waals surface area contributed by atoms with Crippen LogP contribution in [-0.2, 0) is 0 Å². The first-order valence-corrected chi connectivity index (χ1v) is 5.54. The van der Waals surface area contributed by atoms with Gasteiger partial charge in [0.15, 0.2) is 29.1 Å². The smallest absolute Gasteiger partial charge is 0.185 e. The Morgan fingerprint density at radius 1 is 1.15 bits per heavy atom. The molecule has 1 aromatic heterocycles. The summed E-state index contributed by atoms with van der Waals surface area (Å²) in [5, 5.41) is 9.10. The molecule has 104 valence electrons. The fraction of sp³-hybridized carbons (Fsp3) is 0. The molecule has 1 heterocycles. The largest absolute Gasteiger partial charge is 0.389 e. The predicted octanol–water partition coefficient (Wildman–Crippen LogP) is 2.41. The first-order valence-electron chi connectivity index (χ1n) is 5.13. The van der Waals surface area contributed by atoms with Gasteiger partial charge in [0.1, 0.15) is 10.7 Å². The highest BCUT2D eigenvalue weighted by atomic mass is 32.1. The third-order valence-electron chi connectivity index (χ3n) is 2.34. The van der Waals surface area contributed by atoms with E-state index < -0.39 is 29.0 Å². The lowest BCUT2D eigenvalue weighted by Crippen LogP contribution is -2.14. The minimum Gasteiger partial charge on any atom is -0.389 e. The van der Waals surface area contributed by atoms with Crippen molar-refractivity contribution < 1.29 is 17.6 Å². The average molecular weight is 302 g/mol. The molecule has 0 saturated heterocycles. The highest BCUT2D eigenvalue weighted by molar-refractivity contribution is 7.80. The van der Waals surface area contributed by atoms with Crippen LogP contribution in [0.3, 0.4) is 0 Å². The topological polar surface area (TPSA) is 63.8 Å². The molecule has 0 amide bonds. The van der Waals surface area contributed by atoms with Crippen LogP contribution in [-0.4, -0.2) is 15.2 Å². The first kappa shape index (κ1) is 14.1. The summed E-state index contributed by atoms with van der Waals surface area (Å²) < 4.78 is 53.2. The number of nitrogens with one attached hydrogen (secondary N) is 1. The van der Waals surface area contributed by atoms with Crippen LogP contribution >= 0.6 is 12.2 Å². The van der Waals surface area contributed by atoms with Crippen molar-refractivity contribution in [1.29, 1.82) is 0 Å². The van der Waals surface area contributed by atoms with E-state index in [9.17, 15) is 17.6 Å². The summed E-state index contributed by atoms with van der Waals surface area (Å²) in [6.45, 7) is 0. The van der Waals surface area contributed by atoms with Crippen molar-refractivity contribution in [3.05, 3.63) is 47.2 Å². The summed E-state index contributed by atoms with van der Waals surface area (Å²) in [5.74, 6) is -6.51. The van der Waals surface area contributed by atoms with Crippen LogP contribution in [0.4, 0.5) is 29.1 Å². The Morgan fingerprint density at radius 2 is 1.75 bits per heavy atom. The Hall–Kier alpha value is -2.29. The Bertz CT molecular complexity index is 666. The van der Waals surface area contributed by atoms with Gasteiger partial charge in [-0.15, -0.1) is 5.10 Å². The van der Waals surface area contributed by atoms with Gasteiger partial charge in [-0.25, -0.2) is 17.6 Å². The number of anilines is 2. The molecule has 2 rings (SSSR count). The predicted molar refractivity (Wildman–Crippen MR) is 67.5 cm³/mol. The number of nitrogens with zero attached hydrogens (tertiary/aromatic N) is 2. The molecule has 2 aromatic rings. The maximum Gasteiger partial charge on any atom is 0.185 e. The third kappa shape index (κ3) is 2.52. The van der Waals surface area contributed by atoms with Gasteiger partial charge in [-0.2, -0.15) is 5.10 Å². The Balaban J connectivity index is 2.54. The summed E-state index contributed by atoms with van der Waals surface area (Å²) >= 11 is 4.72. The van der Waals surface area contributed by atoms with Crippen LogP contribution in [0.1, 0.15) is 5.56 Å². The number of hydrogen-bond acceptors (Lipinski definition) is 4. The summed E-state index contributed by atoms with van der Waals surface area (Å²) in [6, 6.07) is 1.43. The molecule has 0 unspecified atom stereocenters. The molecule has 0 fully saturated rings. The SMILES string of the molecule is NC(=S)c1ccnnc1Nc1c(F)c(F)cc(F)c1F. The van der Waals surface area contributed by atoms with Crippen molar-refractivity contribution in [2.24, 2.45) is 5.73 Å². The minimum atomic E-state index is -1.59. The quantitative estimate of drug-likeness (QED) is 0.518. The van der Waals surface area contributed by atoms with Crippen LogP contribution in [0.25, 0.3) is 0 Å². The summed E-state index contributed by atoms with van der Waals surface area (Å²) in [5.41, 5.74) is 4.47. The number of hydrogen-bond donors (Lipinski definition) is 2. The van der Waals surface area contributed by atoms with E-state index in [0.29, 0.717) is 0 Å². The van der Waals surface area contributed by atoms with Gasteiger partial charge in [-0.3, -0.25) is 0 Å². The molecule has 0 saturated carbocycles. The number of thiocarbonyl (C=S) groups is 1. The minimum absolute atomic E-state index is 0.0982. The fourth-order valence-electron chi connectivity index (χ4n) is 1.42. The lowest BCUT2D eigenvalue weighted by Gasteiger charge is -2.11. The third-order valence-corrected chi connectivity index (χ3v) is 2.56. The normalized spacial score (nSPS) is 10.4. The van der Waals surface area contributed by atoms with Crippen molar-refractivity contribution >= 4 is 28.7 Å². The molecular formula is C11H6F4N4S. The van der Waals surface area contributed by atoms with Gasteiger partial charge in [0.2, 0.25) is 0 Å². The average Bonchev–Trinajstić information content (AvgIpc) is 2.41. The highest BCUT2D eigenvalue weighted by Gasteiger charge is 2.20. The highest BCUT2D eigenvalue weighted by Crippen LogP contribution is 2.27. The van der Waals surface area contributed by atoms with E-state index >= 15 is 0 Å². The van der Waals surface area contributed by atoms with E-state index in [0.717, 1.165) is 0 Å². The number of aromatic nitrogens is 2. The van der Waals surface area contributed by atoms with E-state index in [1.807, 2.05) is 0 Å². The Labute approximate surface area is 115 Å². The van der Waals surface area contributed by atoms with Crippen LogP contribution < -0.4 is 11.1 Å². The molecule has 3 N–H and O–H groups in total. The van der Waals surface area contributed by atoms with E-state index in [4.69, 9.17) is 18.0 Å². The molecule has 4 nitrogen and oxygen atoms in total. The fourth-order valence-corrected chi connectivity index (χ4v) is 1.59. The molecule has 0 aliphatic heterocycles. The van der Waals surface area contributed by atoms with Gasteiger partial charge in [-0.05, 0) is 6.07 Å². The van der Waals surface area contributed by atoms with Crippen molar-refractivity contribution in [2.75, 3.05) is 5.32 Å². The molecule has 9 heteroatoms. The van der Waals surface area contributed by atoms with Crippen LogP contribution in [0.5, 0.6) is 0 Å². The maximum atomic E-state index is 13.5. The van der Waals surface area contributed by atoms with E-state index in [1.54, 1.807) is 0 Å². The standard InChI is InChI=1S/C11H6F4N4S/c12-5-3-6(13)8(15)9(7(5)14)18-11-4(10(16)20)1-2-17-19-11/h1-3H,(H2,16,20)(H,18,19). The maximum absolute atomic E-state index is 13.5. The molecule has 0 bridgehead atoms. The van der Waals surface area contributed by atoms with Gasteiger partial charge in [0, 0.05) is 6.07 Å². The van der Waals surface area contributed by atoms with Crippen molar-refractivity contribution in [3.63, 3.8) is 0 Å². The molecule has 0 aliphatic rings. The van der Waals surface area contributed by atoms with Gasteiger partial charge in [0.25, 0.3) is 0 Å². The number of benzene rings is 1. The Morgan fingerprint density at radius 3 is 2.30 bits per heavy atom. The Kier molecular flexibility index (Phi) is 3.79. The molecule has 0 atom stereocenters. The van der Waals surface area contributed by atoms with Crippen LogP contribution in [0.15, 0.2) is 18.3 Å². The zero-order chi connectivity index (χ0) is 14.9. The molecule has 0 radical (unpaired) electrons. The number of halogens is 4. The van der Waals surface area contributed by atoms with Crippen LogP contribution in [0, 0.1) is 23.3 Å². The zero-order valence-electron chi connectivity index (χ0n) is 9.62. The lowest BCUT2D eigenvalue weighted by atomic mass is 10.2. The second-order valence-electron chi connectivity index (χ2n) is 3.63. The number of nitrogens with two attached hydrogens (primary N) is 1.